The zero-order valence-corrected chi connectivity index (χ0v) is 20.2. The first kappa shape index (κ1) is 22.9. The number of anilines is 1. The number of benzene rings is 1. The highest BCUT2D eigenvalue weighted by molar-refractivity contribution is 7.89. The second kappa shape index (κ2) is 9.30. The van der Waals surface area contributed by atoms with Gasteiger partial charge in [0.25, 0.3) is 5.91 Å². The van der Waals surface area contributed by atoms with Gasteiger partial charge in [-0.2, -0.15) is 9.40 Å². The van der Waals surface area contributed by atoms with E-state index in [0.717, 1.165) is 10.6 Å². The summed E-state index contributed by atoms with van der Waals surface area (Å²) in [6, 6.07) is 6.57. The van der Waals surface area contributed by atoms with E-state index in [1.807, 2.05) is 13.8 Å². The monoisotopic (exact) mass is 493 g/mol. The number of aromatic nitrogens is 3. The average Bonchev–Trinajstić information content (AvgIpc) is 3.45. The number of amides is 1. The SMILES string of the molecule is CCn1nccc1NC(=O)c1csc(C2CCN(S(=O)(=O)c3ccc(C)c(Cl)c3)CC2)n1. The Labute approximate surface area is 196 Å². The minimum Gasteiger partial charge on any atom is -0.305 e. The standard InChI is InChI=1S/C21H24ClN5O3S2/c1-3-27-19(6-9-23-27)25-20(28)18-13-31-21(24-18)15-7-10-26(11-8-15)32(29,30)16-5-4-14(2)17(22)12-16/h4-6,9,12-13,15H,3,7-8,10-11H2,1-2H3,(H,25,28). The summed E-state index contributed by atoms with van der Waals surface area (Å²) in [5.74, 6) is 0.469. The zero-order valence-electron chi connectivity index (χ0n) is 17.8. The molecule has 1 aliphatic rings. The fourth-order valence-electron chi connectivity index (χ4n) is 3.68. The van der Waals surface area contributed by atoms with E-state index >= 15 is 0 Å². The number of hydrogen-bond donors (Lipinski definition) is 1. The molecule has 32 heavy (non-hydrogen) atoms. The fraction of sp³-hybridized carbons (Fsp3) is 0.381. The predicted molar refractivity (Wildman–Crippen MR) is 125 cm³/mol. The molecule has 2 aromatic heterocycles. The van der Waals surface area contributed by atoms with Crippen LogP contribution in [-0.2, 0) is 16.6 Å². The van der Waals surface area contributed by atoms with Crippen molar-refractivity contribution in [3.05, 3.63) is 57.1 Å². The fourth-order valence-corrected chi connectivity index (χ4v) is 6.39. The number of thiazole rings is 1. The average molecular weight is 494 g/mol. The lowest BCUT2D eigenvalue weighted by molar-refractivity contribution is 0.102. The van der Waals surface area contributed by atoms with Crippen molar-refractivity contribution in [2.24, 2.45) is 0 Å². The molecule has 1 N–H and O–H groups in total. The van der Waals surface area contributed by atoms with Crippen LogP contribution in [0.2, 0.25) is 5.02 Å². The van der Waals surface area contributed by atoms with E-state index < -0.39 is 10.0 Å². The molecule has 1 aromatic carbocycles. The summed E-state index contributed by atoms with van der Waals surface area (Å²) in [7, 11) is -3.59. The Morgan fingerprint density at radius 3 is 2.72 bits per heavy atom. The first-order valence-electron chi connectivity index (χ1n) is 10.3. The second-order valence-electron chi connectivity index (χ2n) is 7.65. The van der Waals surface area contributed by atoms with Crippen LogP contribution in [0.4, 0.5) is 5.82 Å². The van der Waals surface area contributed by atoms with Crippen molar-refractivity contribution in [3.8, 4) is 0 Å². The van der Waals surface area contributed by atoms with Gasteiger partial charge in [0.05, 0.1) is 16.1 Å². The molecule has 1 fully saturated rings. The molecule has 170 valence electrons. The molecule has 3 aromatic rings. The Morgan fingerprint density at radius 1 is 1.28 bits per heavy atom. The van der Waals surface area contributed by atoms with Gasteiger partial charge in [0.2, 0.25) is 10.0 Å². The van der Waals surface area contributed by atoms with Crippen LogP contribution in [0.1, 0.15) is 46.7 Å². The van der Waals surface area contributed by atoms with Gasteiger partial charge in [-0.3, -0.25) is 4.79 Å². The van der Waals surface area contributed by atoms with Crippen molar-refractivity contribution in [1.29, 1.82) is 0 Å². The minimum atomic E-state index is -3.59. The highest BCUT2D eigenvalue weighted by atomic mass is 35.5. The molecule has 8 nitrogen and oxygen atoms in total. The predicted octanol–water partition coefficient (Wildman–Crippen LogP) is 4.14. The third kappa shape index (κ3) is 4.59. The number of carbonyl (C=O) groups is 1. The lowest BCUT2D eigenvalue weighted by Gasteiger charge is -2.30. The van der Waals surface area contributed by atoms with Crippen LogP contribution < -0.4 is 5.32 Å². The van der Waals surface area contributed by atoms with Crippen molar-refractivity contribution in [2.75, 3.05) is 18.4 Å². The molecular formula is C21H24ClN5O3S2. The largest absolute Gasteiger partial charge is 0.305 e. The van der Waals surface area contributed by atoms with E-state index in [2.05, 4.69) is 15.4 Å². The van der Waals surface area contributed by atoms with Crippen molar-refractivity contribution >= 4 is 44.7 Å². The molecule has 4 rings (SSSR count). The van der Waals surface area contributed by atoms with Gasteiger partial charge in [-0.1, -0.05) is 17.7 Å². The maximum Gasteiger partial charge on any atom is 0.276 e. The Hall–Kier alpha value is -2.27. The van der Waals surface area contributed by atoms with Gasteiger partial charge >= 0.3 is 0 Å². The van der Waals surface area contributed by atoms with E-state index in [1.54, 1.807) is 34.5 Å². The van der Waals surface area contributed by atoms with Crippen molar-refractivity contribution in [3.63, 3.8) is 0 Å². The summed E-state index contributed by atoms with van der Waals surface area (Å²) in [4.78, 5) is 17.3. The van der Waals surface area contributed by atoms with Crippen molar-refractivity contribution < 1.29 is 13.2 Å². The van der Waals surface area contributed by atoms with Crippen LogP contribution >= 0.6 is 22.9 Å². The van der Waals surface area contributed by atoms with Crippen LogP contribution in [0, 0.1) is 6.92 Å². The van der Waals surface area contributed by atoms with Gasteiger partial charge in [0.15, 0.2) is 0 Å². The molecule has 0 unspecified atom stereocenters. The van der Waals surface area contributed by atoms with E-state index in [-0.39, 0.29) is 16.7 Å². The summed E-state index contributed by atoms with van der Waals surface area (Å²) < 4.78 is 29.2. The van der Waals surface area contributed by atoms with E-state index in [4.69, 9.17) is 11.6 Å². The number of aryl methyl sites for hydroxylation is 2. The van der Waals surface area contributed by atoms with Crippen LogP contribution in [0.15, 0.2) is 40.7 Å². The van der Waals surface area contributed by atoms with Crippen LogP contribution in [0.25, 0.3) is 0 Å². The highest BCUT2D eigenvalue weighted by Crippen LogP contribution is 2.33. The number of hydrogen-bond acceptors (Lipinski definition) is 6. The van der Waals surface area contributed by atoms with Crippen LogP contribution in [0.5, 0.6) is 0 Å². The molecule has 11 heteroatoms. The lowest BCUT2D eigenvalue weighted by Crippen LogP contribution is -2.37. The molecule has 0 saturated carbocycles. The summed E-state index contributed by atoms with van der Waals surface area (Å²) >= 11 is 7.56. The molecule has 1 amide bonds. The molecule has 3 heterocycles. The van der Waals surface area contributed by atoms with Crippen molar-refractivity contribution in [1.82, 2.24) is 19.1 Å². The quantitative estimate of drug-likeness (QED) is 0.556. The van der Waals surface area contributed by atoms with Crippen molar-refractivity contribution in [2.45, 2.75) is 44.0 Å². The number of nitrogens with one attached hydrogen (secondary N) is 1. The number of halogens is 1. The Bertz CT molecular complexity index is 1230. The van der Waals surface area contributed by atoms with Gasteiger partial charge in [0.1, 0.15) is 11.5 Å². The zero-order chi connectivity index (χ0) is 22.9. The molecule has 0 radical (unpaired) electrons. The molecule has 1 saturated heterocycles. The van der Waals surface area contributed by atoms with E-state index in [1.165, 1.54) is 21.7 Å². The maximum atomic E-state index is 13.0. The van der Waals surface area contributed by atoms with Crippen LogP contribution in [-0.4, -0.2) is 46.5 Å². The summed E-state index contributed by atoms with van der Waals surface area (Å²) in [6.07, 6.45) is 2.93. The molecular weight excluding hydrogens is 470 g/mol. The number of nitrogens with zero attached hydrogens (tertiary/aromatic N) is 4. The topological polar surface area (TPSA) is 97.2 Å². The summed E-state index contributed by atoms with van der Waals surface area (Å²) in [5.41, 5.74) is 1.20. The molecule has 0 aliphatic carbocycles. The molecule has 0 bridgehead atoms. The van der Waals surface area contributed by atoms with Gasteiger partial charge < -0.3 is 5.32 Å². The number of sulfonamides is 1. The first-order chi connectivity index (χ1) is 15.3. The first-order valence-corrected chi connectivity index (χ1v) is 13.0. The number of piperidine rings is 1. The third-order valence-corrected chi connectivity index (χ3v) is 8.91. The smallest absolute Gasteiger partial charge is 0.276 e. The van der Waals surface area contributed by atoms with Gasteiger partial charge in [-0.15, -0.1) is 11.3 Å². The van der Waals surface area contributed by atoms with Gasteiger partial charge in [-0.25, -0.2) is 18.1 Å². The molecule has 0 atom stereocenters. The van der Waals surface area contributed by atoms with E-state index in [9.17, 15) is 13.2 Å². The van der Waals surface area contributed by atoms with E-state index in [0.29, 0.717) is 49.0 Å². The second-order valence-corrected chi connectivity index (χ2v) is 10.9. The molecule has 1 aliphatic heterocycles. The highest BCUT2D eigenvalue weighted by Gasteiger charge is 2.31. The Morgan fingerprint density at radius 2 is 2.03 bits per heavy atom. The lowest BCUT2D eigenvalue weighted by atomic mass is 9.99. The molecule has 0 spiro atoms. The summed E-state index contributed by atoms with van der Waals surface area (Å²) in [5, 5.41) is 10.0. The van der Waals surface area contributed by atoms with Crippen LogP contribution in [0.3, 0.4) is 0 Å². The third-order valence-electron chi connectivity index (χ3n) is 5.60. The Balaban J connectivity index is 1.40. The van der Waals surface area contributed by atoms with Gasteiger partial charge in [-0.05, 0) is 44.4 Å². The summed E-state index contributed by atoms with van der Waals surface area (Å²) in [6.45, 7) is 5.24. The Kier molecular flexibility index (Phi) is 6.66. The number of rotatable bonds is 6. The minimum absolute atomic E-state index is 0.121. The van der Waals surface area contributed by atoms with Gasteiger partial charge in [0, 0.05) is 42.0 Å². The maximum absolute atomic E-state index is 13.0. The number of carbonyl (C=O) groups excluding carboxylic acids is 1. The normalized spacial score (nSPS) is 15.7.